The summed E-state index contributed by atoms with van der Waals surface area (Å²) in [4.78, 5) is 54.7. The molecule has 13 nitrogen and oxygen atoms in total. The second kappa shape index (κ2) is 20.4. The van der Waals surface area contributed by atoms with Gasteiger partial charge in [-0.1, -0.05) is 50.2 Å². The molecule has 3 N–H and O–H groups in total. The third-order valence-electron chi connectivity index (χ3n) is 11.6. The molecule has 2 aromatic heterocycles. The largest absolute Gasteiger partial charge is 0.491 e. The number of aryl methyl sites for hydroxylation is 2. The highest BCUT2D eigenvalue weighted by Gasteiger charge is 2.45. The van der Waals surface area contributed by atoms with Crippen molar-refractivity contribution in [2.45, 2.75) is 65.4 Å². The molecule has 2 aliphatic rings. The molecule has 15 heteroatoms. The van der Waals surface area contributed by atoms with Crippen molar-refractivity contribution in [3.63, 3.8) is 0 Å². The van der Waals surface area contributed by atoms with Crippen LogP contribution in [0.15, 0.2) is 90.4 Å². The number of rotatable bonds is 19. The van der Waals surface area contributed by atoms with Crippen molar-refractivity contribution in [2.75, 3.05) is 51.4 Å². The fraction of sp³-hybridized carbons (Fsp3) is 0.367. The third-order valence-corrected chi connectivity index (χ3v) is 13.6. The van der Waals surface area contributed by atoms with Crippen LogP contribution in [0.4, 0.5) is 5.69 Å². The highest BCUT2D eigenvalue weighted by atomic mass is 32.1. The number of benzene rings is 4. The SMILES string of the molecule is Cc1ccc2nc(-c3ccc(NCCOCCOCCOc4cc(-c5scnc5C)ccc4CNC(=O)[C@@H]4C[C@@H](O)CN4C(=O)C(C(C)C)N4Cc5ccccc5C4=O)cc3)sc2c1. The van der Waals surface area contributed by atoms with Gasteiger partial charge in [0, 0.05) is 55.0 Å². The van der Waals surface area contributed by atoms with Crippen LogP contribution >= 0.6 is 22.7 Å². The fourth-order valence-electron chi connectivity index (χ4n) is 8.30. The van der Waals surface area contributed by atoms with Crippen molar-refractivity contribution >= 4 is 56.3 Å². The van der Waals surface area contributed by atoms with Crippen LogP contribution in [-0.4, -0.2) is 107 Å². The van der Waals surface area contributed by atoms with Crippen molar-refractivity contribution < 1.29 is 33.7 Å². The predicted octanol–water partition coefficient (Wildman–Crippen LogP) is 7.49. The van der Waals surface area contributed by atoms with Gasteiger partial charge in [-0.05, 0) is 85.0 Å². The Bertz CT molecular complexity index is 2590. The zero-order chi connectivity index (χ0) is 44.7. The monoisotopic (exact) mass is 902 g/mol. The lowest BCUT2D eigenvalue weighted by Crippen LogP contribution is -2.55. The van der Waals surface area contributed by atoms with Crippen molar-refractivity contribution in [3.05, 3.63) is 118 Å². The molecule has 3 amide bonds. The van der Waals surface area contributed by atoms with Crippen molar-refractivity contribution in [3.8, 4) is 26.8 Å². The van der Waals surface area contributed by atoms with Crippen LogP contribution in [-0.2, 0) is 32.2 Å². The number of hydrogen-bond acceptors (Lipinski definition) is 12. The van der Waals surface area contributed by atoms with E-state index in [1.54, 1.807) is 39.2 Å². The first-order valence-corrected chi connectivity index (χ1v) is 23.4. The Balaban J connectivity index is 0.803. The van der Waals surface area contributed by atoms with E-state index in [2.05, 4.69) is 65.0 Å². The molecule has 0 saturated carbocycles. The third kappa shape index (κ3) is 10.3. The van der Waals surface area contributed by atoms with Gasteiger partial charge in [0.05, 0.1) is 58.8 Å². The van der Waals surface area contributed by atoms with Crippen LogP contribution in [0.2, 0.25) is 0 Å². The Labute approximate surface area is 381 Å². The van der Waals surface area contributed by atoms with Crippen LogP contribution < -0.4 is 15.4 Å². The second-order valence-electron chi connectivity index (χ2n) is 16.5. The summed E-state index contributed by atoms with van der Waals surface area (Å²) in [5.74, 6) is -0.565. The van der Waals surface area contributed by atoms with E-state index in [4.69, 9.17) is 19.2 Å². The van der Waals surface area contributed by atoms with Crippen molar-refractivity contribution in [1.29, 1.82) is 0 Å². The molecule has 1 saturated heterocycles. The van der Waals surface area contributed by atoms with Gasteiger partial charge >= 0.3 is 0 Å². The zero-order valence-corrected chi connectivity index (χ0v) is 38.2. The number of aliphatic hydroxyl groups is 1. The smallest absolute Gasteiger partial charge is 0.255 e. The average Bonchev–Trinajstić information content (AvgIpc) is 4.09. The van der Waals surface area contributed by atoms with Crippen molar-refractivity contribution in [2.24, 2.45) is 5.92 Å². The number of thiazole rings is 2. The Morgan fingerprint density at radius 1 is 0.922 bits per heavy atom. The van der Waals surface area contributed by atoms with Crippen LogP contribution in [0.5, 0.6) is 5.75 Å². The predicted molar refractivity (Wildman–Crippen MR) is 251 cm³/mol. The van der Waals surface area contributed by atoms with Gasteiger partial charge < -0.3 is 39.8 Å². The molecule has 3 atom stereocenters. The summed E-state index contributed by atoms with van der Waals surface area (Å²) in [7, 11) is 0. The summed E-state index contributed by atoms with van der Waals surface area (Å²) in [6.45, 7) is 10.9. The molecule has 8 rings (SSSR count). The summed E-state index contributed by atoms with van der Waals surface area (Å²) in [5, 5.41) is 18.1. The minimum atomic E-state index is -0.898. The first-order valence-electron chi connectivity index (χ1n) is 21.7. The van der Waals surface area contributed by atoms with E-state index in [0.29, 0.717) is 50.8 Å². The summed E-state index contributed by atoms with van der Waals surface area (Å²) in [6, 6.07) is 26.1. The number of amides is 3. The molecule has 1 fully saturated rings. The Morgan fingerprint density at radius 2 is 1.69 bits per heavy atom. The maximum absolute atomic E-state index is 14.2. The highest BCUT2D eigenvalue weighted by molar-refractivity contribution is 7.21. The lowest BCUT2D eigenvalue weighted by Gasteiger charge is -2.35. The van der Waals surface area contributed by atoms with Gasteiger partial charge in [0.2, 0.25) is 11.8 Å². The van der Waals surface area contributed by atoms with Gasteiger partial charge in [0.25, 0.3) is 5.91 Å². The summed E-state index contributed by atoms with van der Waals surface area (Å²) in [6.07, 6.45) is -0.771. The normalized spacial score (nSPS) is 16.4. The Hall–Kier alpha value is -5.71. The molecule has 1 unspecified atom stereocenters. The van der Waals surface area contributed by atoms with E-state index < -0.39 is 18.2 Å². The molecule has 0 radical (unpaired) electrons. The molecule has 6 aromatic rings. The van der Waals surface area contributed by atoms with Crippen LogP contribution in [0.3, 0.4) is 0 Å². The maximum atomic E-state index is 14.2. The number of nitrogens with zero attached hydrogens (tertiary/aromatic N) is 4. The molecule has 4 heterocycles. The first-order chi connectivity index (χ1) is 31.0. The van der Waals surface area contributed by atoms with Gasteiger partial charge in [-0.25, -0.2) is 9.97 Å². The number of nitrogens with one attached hydrogen (secondary N) is 2. The van der Waals surface area contributed by atoms with E-state index in [-0.39, 0.29) is 49.8 Å². The van der Waals surface area contributed by atoms with E-state index in [1.165, 1.54) is 15.2 Å². The van der Waals surface area contributed by atoms with Crippen LogP contribution in [0.1, 0.15) is 53.0 Å². The topological polar surface area (TPSA) is 155 Å². The Kier molecular flexibility index (Phi) is 14.3. The average molecular weight is 903 g/mol. The second-order valence-corrected chi connectivity index (χ2v) is 18.4. The number of aromatic nitrogens is 2. The molecule has 0 bridgehead atoms. The number of aliphatic hydroxyl groups excluding tert-OH is 1. The fourth-order valence-corrected chi connectivity index (χ4v) is 10.2. The number of hydrogen-bond donors (Lipinski definition) is 3. The minimum Gasteiger partial charge on any atom is -0.491 e. The standard InChI is InChI=1S/C49H54N6O7S2/c1-30(2)44(55-27-36-7-5-6-8-39(36)48(55)58)49(59)54-28-38(56)25-41(54)46(57)51-26-35-11-10-34(45-32(4)52-29-63-45)24-42(35)62-22-21-61-20-19-60-18-17-50-37-14-12-33(13-15-37)47-53-40-16-9-31(3)23-43(40)64-47/h5-16,23-24,29-30,38,41,44,50,56H,17-22,25-28H2,1-4H3,(H,51,57)/t38-,41+,44?/m1/s1. The van der Waals surface area contributed by atoms with Gasteiger partial charge in [-0.3, -0.25) is 14.4 Å². The van der Waals surface area contributed by atoms with Gasteiger partial charge in [-0.15, -0.1) is 22.7 Å². The first kappa shape index (κ1) is 44.9. The number of fused-ring (bicyclic) bond motifs is 2. The van der Waals surface area contributed by atoms with E-state index in [0.717, 1.165) is 49.0 Å². The van der Waals surface area contributed by atoms with E-state index >= 15 is 0 Å². The molecular weight excluding hydrogens is 849 g/mol. The summed E-state index contributed by atoms with van der Waals surface area (Å²) in [5.41, 5.74) is 10.2. The zero-order valence-electron chi connectivity index (χ0n) is 36.5. The number of ether oxygens (including phenoxy) is 3. The molecule has 0 spiro atoms. The molecule has 2 aliphatic heterocycles. The lowest BCUT2D eigenvalue weighted by molar-refractivity contribution is -0.143. The number of carbonyl (C=O) groups excluding carboxylic acids is 3. The molecule has 4 aromatic carbocycles. The number of β-amino-alcohol motifs (C(OH)–C–C–N with tert-alkyl or cyclic N) is 1. The quantitative estimate of drug-likeness (QED) is 0.0697. The van der Waals surface area contributed by atoms with E-state index in [1.807, 2.05) is 57.2 Å². The maximum Gasteiger partial charge on any atom is 0.255 e. The lowest BCUT2D eigenvalue weighted by atomic mass is 10.0. The molecule has 64 heavy (non-hydrogen) atoms. The van der Waals surface area contributed by atoms with E-state index in [9.17, 15) is 19.5 Å². The minimum absolute atomic E-state index is 0.00949. The van der Waals surface area contributed by atoms with Crippen LogP contribution in [0, 0.1) is 19.8 Å². The molecular formula is C49H54N6O7S2. The number of likely N-dealkylation sites (tertiary alicyclic amines) is 1. The van der Waals surface area contributed by atoms with Crippen LogP contribution in [0.25, 0.3) is 31.2 Å². The summed E-state index contributed by atoms with van der Waals surface area (Å²) >= 11 is 3.24. The van der Waals surface area contributed by atoms with Gasteiger partial charge in [-0.2, -0.15) is 0 Å². The van der Waals surface area contributed by atoms with Gasteiger partial charge in [0.1, 0.15) is 29.4 Å². The molecule has 334 valence electrons. The highest BCUT2D eigenvalue weighted by Crippen LogP contribution is 2.34. The number of anilines is 1. The molecule has 0 aliphatic carbocycles. The number of carbonyl (C=O) groups is 3. The Morgan fingerprint density at radius 3 is 2.45 bits per heavy atom. The summed E-state index contributed by atoms with van der Waals surface area (Å²) < 4.78 is 19.1. The van der Waals surface area contributed by atoms with Gasteiger partial charge in [0.15, 0.2) is 0 Å². The van der Waals surface area contributed by atoms with Crippen molar-refractivity contribution in [1.82, 2.24) is 25.1 Å².